The van der Waals surface area contributed by atoms with E-state index in [1.165, 1.54) is 30.0 Å². The van der Waals surface area contributed by atoms with Crippen molar-refractivity contribution in [2.24, 2.45) is 5.92 Å². The van der Waals surface area contributed by atoms with Crippen LogP contribution in [0.5, 0.6) is 0 Å². The topological polar surface area (TPSA) is 149 Å². The lowest BCUT2D eigenvalue weighted by Gasteiger charge is -2.28. The number of aromatic nitrogens is 5. The van der Waals surface area contributed by atoms with Gasteiger partial charge in [-0.1, -0.05) is 17.7 Å². The van der Waals surface area contributed by atoms with Gasteiger partial charge < -0.3 is 5.21 Å². The molecule has 3 aromatic rings. The lowest BCUT2D eigenvalue weighted by atomic mass is 9.82. The zero-order chi connectivity index (χ0) is 22.4. The number of rotatable bonds is 4. The number of benzene rings is 1. The molecule has 0 radical (unpaired) electrons. The number of urea groups is 1. The maximum absolute atomic E-state index is 15.0. The predicted octanol–water partition coefficient (Wildman–Crippen LogP) is 0.752. The van der Waals surface area contributed by atoms with Gasteiger partial charge in [0.1, 0.15) is 29.7 Å². The quantitative estimate of drug-likeness (QED) is 0.305. The van der Waals surface area contributed by atoms with Crippen LogP contribution < -0.4 is 15.4 Å². The fourth-order valence-electron chi connectivity index (χ4n) is 3.67. The molecule has 0 bridgehead atoms. The highest BCUT2D eigenvalue weighted by molar-refractivity contribution is 6.31. The van der Waals surface area contributed by atoms with Gasteiger partial charge in [0.25, 0.3) is 5.82 Å². The summed E-state index contributed by atoms with van der Waals surface area (Å²) in [7, 11) is 0. The Labute approximate surface area is 178 Å². The maximum Gasteiger partial charge on any atom is 0.328 e. The number of halogens is 2. The van der Waals surface area contributed by atoms with Gasteiger partial charge in [-0.15, -0.1) is 0 Å². The molecule has 1 atom stereocenters. The molecule has 31 heavy (non-hydrogen) atoms. The van der Waals surface area contributed by atoms with Crippen molar-refractivity contribution in [3.05, 3.63) is 63.3 Å². The van der Waals surface area contributed by atoms with E-state index < -0.39 is 35.5 Å². The third-order valence-corrected chi connectivity index (χ3v) is 5.51. The Kier molecular flexibility index (Phi) is 4.93. The Morgan fingerprint density at radius 3 is 2.48 bits per heavy atom. The van der Waals surface area contributed by atoms with Gasteiger partial charge in [0, 0.05) is 24.4 Å². The molecule has 1 saturated heterocycles. The summed E-state index contributed by atoms with van der Waals surface area (Å²) >= 11 is 6.27. The second-order valence-corrected chi connectivity index (χ2v) is 7.27. The molecule has 3 heterocycles. The summed E-state index contributed by atoms with van der Waals surface area (Å²) in [4.78, 5) is 41.0. The van der Waals surface area contributed by atoms with Crippen molar-refractivity contribution >= 4 is 29.4 Å². The van der Waals surface area contributed by atoms with E-state index in [1.807, 2.05) is 10.6 Å². The maximum atomic E-state index is 15.0. The normalized spacial score (nSPS) is 15.7. The average molecular weight is 448 g/mol. The minimum absolute atomic E-state index is 0.107. The Balaban J connectivity index is 2.07. The molecule has 0 unspecified atom stereocenters. The van der Waals surface area contributed by atoms with Gasteiger partial charge in [0.15, 0.2) is 5.69 Å². The lowest BCUT2D eigenvalue weighted by Crippen LogP contribution is -2.58. The molecular formula is C18H15ClFN7O4. The van der Waals surface area contributed by atoms with E-state index in [9.17, 15) is 19.6 Å². The van der Waals surface area contributed by atoms with E-state index in [2.05, 4.69) is 15.2 Å². The summed E-state index contributed by atoms with van der Waals surface area (Å²) in [5, 5.41) is 23.4. The standard InChI is InChI=1S/C18H15ClFN7O4/c1-7-8(2)27(31)16(26(7)17-21-6-22-25-17)12(11-9(19)4-3-5-10(11)20)13-14(28)23-18(30)24-15(13)29/h3-6,12-13H,1-2H3,(H,21,22,25)(H2,23,24,28,29,30)/t12-/m1/s1. The minimum Gasteiger partial charge on any atom is -0.711 e. The highest BCUT2D eigenvalue weighted by Crippen LogP contribution is 2.39. The van der Waals surface area contributed by atoms with Crippen LogP contribution in [0.15, 0.2) is 24.5 Å². The Hall–Kier alpha value is -3.80. The molecule has 1 aliphatic rings. The molecule has 1 fully saturated rings. The Bertz CT molecular complexity index is 1180. The van der Waals surface area contributed by atoms with Crippen molar-refractivity contribution in [3.63, 3.8) is 0 Å². The van der Waals surface area contributed by atoms with Crippen molar-refractivity contribution in [3.8, 4) is 5.95 Å². The van der Waals surface area contributed by atoms with Crippen LogP contribution in [0.25, 0.3) is 5.95 Å². The number of H-pyrrole nitrogens is 1. The third-order valence-electron chi connectivity index (χ3n) is 5.18. The summed E-state index contributed by atoms with van der Waals surface area (Å²) in [5.41, 5.74) is 0.375. The van der Waals surface area contributed by atoms with E-state index in [0.717, 1.165) is 6.07 Å². The molecule has 0 saturated carbocycles. The first-order valence-electron chi connectivity index (χ1n) is 8.99. The lowest BCUT2D eigenvalue weighted by molar-refractivity contribution is -0.621. The monoisotopic (exact) mass is 447 g/mol. The van der Waals surface area contributed by atoms with E-state index in [4.69, 9.17) is 11.6 Å². The van der Waals surface area contributed by atoms with Crippen molar-refractivity contribution in [2.75, 3.05) is 0 Å². The van der Waals surface area contributed by atoms with Gasteiger partial charge >= 0.3 is 12.0 Å². The number of amides is 4. The second-order valence-electron chi connectivity index (χ2n) is 6.87. The number of imidazole rings is 1. The molecule has 13 heteroatoms. The molecule has 2 aromatic heterocycles. The van der Waals surface area contributed by atoms with Crippen molar-refractivity contribution in [2.45, 2.75) is 19.8 Å². The molecular weight excluding hydrogens is 433 g/mol. The summed E-state index contributed by atoms with van der Waals surface area (Å²) in [6.07, 6.45) is 1.20. The number of carbonyl (C=O) groups is 3. The van der Waals surface area contributed by atoms with Gasteiger partial charge in [-0.2, -0.15) is 14.6 Å². The number of hydrogen-bond acceptors (Lipinski definition) is 6. The number of nitrogens with zero attached hydrogens (tertiary/aromatic N) is 4. The first kappa shape index (κ1) is 20.5. The number of imide groups is 2. The smallest absolute Gasteiger partial charge is 0.328 e. The predicted molar refractivity (Wildman–Crippen MR) is 103 cm³/mol. The summed E-state index contributed by atoms with van der Waals surface area (Å²) < 4.78 is 16.8. The molecule has 4 rings (SSSR count). The van der Waals surface area contributed by atoms with Crippen molar-refractivity contribution in [1.29, 1.82) is 0 Å². The number of barbiturate groups is 1. The minimum atomic E-state index is -1.68. The van der Waals surface area contributed by atoms with Crippen LogP contribution in [0, 0.1) is 30.8 Å². The van der Waals surface area contributed by atoms with Crippen LogP contribution in [0.3, 0.4) is 0 Å². The number of nitrogens with one attached hydrogen (secondary N) is 3. The van der Waals surface area contributed by atoms with E-state index in [0.29, 0.717) is 10.4 Å². The Morgan fingerprint density at radius 1 is 1.23 bits per heavy atom. The molecule has 1 aromatic carbocycles. The Morgan fingerprint density at radius 2 is 1.90 bits per heavy atom. The molecule has 160 valence electrons. The fourth-order valence-corrected chi connectivity index (χ4v) is 3.95. The largest absolute Gasteiger partial charge is 0.711 e. The number of hydrogen-bond donors (Lipinski definition) is 3. The van der Waals surface area contributed by atoms with Gasteiger partial charge in [-0.25, -0.2) is 19.0 Å². The van der Waals surface area contributed by atoms with E-state index in [-0.39, 0.29) is 28.1 Å². The van der Waals surface area contributed by atoms with E-state index in [1.54, 1.807) is 6.92 Å². The van der Waals surface area contributed by atoms with Gasteiger partial charge in [-0.3, -0.25) is 20.2 Å². The zero-order valence-corrected chi connectivity index (χ0v) is 16.9. The molecule has 4 amide bonds. The fraction of sp³-hybridized carbons (Fsp3) is 0.222. The zero-order valence-electron chi connectivity index (χ0n) is 16.1. The van der Waals surface area contributed by atoms with Crippen molar-refractivity contribution < 1.29 is 23.5 Å². The van der Waals surface area contributed by atoms with Crippen LogP contribution in [-0.2, 0) is 9.59 Å². The average Bonchev–Trinajstić information content (AvgIpc) is 3.29. The van der Waals surface area contributed by atoms with Gasteiger partial charge in [-0.05, 0) is 12.1 Å². The summed E-state index contributed by atoms with van der Waals surface area (Å²) in [6.45, 7) is 3.13. The molecule has 0 aliphatic carbocycles. The van der Waals surface area contributed by atoms with Crippen LogP contribution in [0.4, 0.5) is 9.18 Å². The van der Waals surface area contributed by atoms with Crippen molar-refractivity contribution in [1.82, 2.24) is 30.4 Å². The number of carbonyl (C=O) groups excluding carboxylic acids is 3. The first-order valence-corrected chi connectivity index (χ1v) is 9.36. The van der Waals surface area contributed by atoms with Gasteiger partial charge in [0.05, 0.1) is 0 Å². The molecule has 0 spiro atoms. The number of aromatic amines is 1. The molecule has 3 N–H and O–H groups in total. The van der Waals surface area contributed by atoms with Crippen LogP contribution in [-0.4, -0.2) is 37.6 Å². The molecule has 11 nitrogen and oxygen atoms in total. The highest BCUT2D eigenvalue weighted by Gasteiger charge is 2.49. The van der Waals surface area contributed by atoms with Crippen LogP contribution in [0.2, 0.25) is 5.02 Å². The SMILES string of the molecule is Cc1c(C)[n+]([O-])c([C@H](c2c(F)cccc2Cl)C2C(=O)NC(=O)NC2=O)n1-c1ncn[nH]1. The van der Waals surface area contributed by atoms with Gasteiger partial charge in [0.2, 0.25) is 11.8 Å². The van der Waals surface area contributed by atoms with Crippen LogP contribution >= 0.6 is 11.6 Å². The molecule has 1 aliphatic heterocycles. The van der Waals surface area contributed by atoms with E-state index >= 15 is 4.39 Å². The summed E-state index contributed by atoms with van der Waals surface area (Å²) in [6, 6.07) is 2.79. The van der Waals surface area contributed by atoms with Crippen LogP contribution in [0.1, 0.15) is 28.7 Å². The third kappa shape index (κ3) is 3.20. The first-order chi connectivity index (χ1) is 14.7. The summed E-state index contributed by atoms with van der Waals surface area (Å²) in [5.74, 6) is -6.12. The highest BCUT2D eigenvalue weighted by atomic mass is 35.5. The second kappa shape index (κ2) is 7.47.